The molecule has 3 nitrogen and oxygen atoms in total. The third-order valence-electron chi connectivity index (χ3n) is 0.953. The Morgan fingerprint density at radius 3 is 2.30 bits per heavy atom. The van der Waals surface area contributed by atoms with Crippen LogP contribution >= 0.6 is 11.6 Å². The number of esters is 1. The number of halogens is 1. The first kappa shape index (κ1) is 9.30. The zero-order valence-electron chi connectivity index (χ0n) is 5.89. The van der Waals surface area contributed by atoms with E-state index in [1.807, 2.05) is 0 Å². The van der Waals surface area contributed by atoms with E-state index in [-0.39, 0.29) is 5.76 Å². The number of rotatable bonds is 3. The molecule has 1 atom stereocenters. The summed E-state index contributed by atoms with van der Waals surface area (Å²) in [5.41, 5.74) is 0. The maximum absolute atomic E-state index is 10.6. The van der Waals surface area contributed by atoms with Gasteiger partial charge in [0, 0.05) is 0 Å². The van der Waals surface area contributed by atoms with Crippen LogP contribution in [0.1, 0.15) is 0 Å². The monoisotopic (exact) mass is 164 g/mol. The second kappa shape index (κ2) is 4.17. The molecule has 0 aliphatic carbocycles. The molecule has 4 heteroatoms. The average molecular weight is 165 g/mol. The lowest BCUT2D eigenvalue weighted by Gasteiger charge is -2.07. The molecule has 0 radical (unpaired) electrons. The average Bonchev–Trinajstić information content (AvgIpc) is 2.00. The topological polar surface area (TPSA) is 35.5 Å². The summed E-state index contributed by atoms with van der Waals surface area (Å²) in [5.74, 6) is -0.373. The number of ether oxygens (including phenoxy) is 2. The fourth-order valence-corrected chi connectivity index (χ4v) is 0.517. The minimum atomic E-state index is -0.907. The molecule has 0 rings (SSSR count). The summed E-state index contributed by atoms with van der Waals surface area (Å²) in [6.07, 6.45) is 0. The van der Waals surface area contributed by atoms with E-state index in [9.17, 15) is 4.79 Å². The summed E-state index contributed by atoms with van der Waals surface area (Å²) >= 11 is 5.48. The highest BCUT2D eigenvalue weighted by Gasteiger charge is 2.19. The second-order valence-electron chi connectivity index (χ2n) is 1.56. The van der Waals surface area contributed by atoms with Crippen molar-refractivity contribution >= 4 is 17.6 Å². The molecule has 0 fully saturated rings. The Labute approximate surface area is 64.6 Å². The van der Waals surface area contributed by atoms with Crippen LogP contribution in [0.25, 0.3) is 0 Å². The molecule has 0 aliphatic heterocycles. The van der Waals surface area contributed by atoms with Crippen molar-refractivity contribution in [2.24, 2.45) is 0 Å². The number of alkyl halides is 1. The Hall–Kier alpha value is -0.700. The first-order valence-electron chi connectivity index (χ1n) is 2.58. The molecule has 0 aromatic rings. The summed E-state index contributed by atoms with van der Waals surface area (Å²) < 4.78 is 8.93. The van der Waals surface area contributed by atoms with E-state index in [1.54, 1.807) is 0 Å². The SMILES string of the molecule is C=C(OC)C(Cl)C(=O)OC. The van der Waals surface area contributed by atoms with Gasteiger partial charge in [-0.15, -0.1) is 11.6 Å². The standard InChI is InChI=1S/C6H9ClO3/c1-4(9-2)5(7)6(8)10-3/h5H,1H2,2-3H3. The molecule has 0 bridgehead atoms. The van der Waals surface area contributed by atoms with E-state index >= 15 is 0 Å². The van der Waals surface area contributed by atoms with Crippen LogP contribution in [0.4, 0.5) is 0 Å². The smallest absolute Gasteiger partial charge is 0.331 e. The lowest BCUT2D eigenvalue weighted by molar-refractivity contribution is -0.140. The minimum absolute atomic E-state index is 0.188. The van der Waals surface area contributed by atoms with Gasteiger partial charge in [-0.1, -0.05) is 6.58 Å². The Morgan fingerprint density at radius 1 is 1.50 bits per heavy atom. The molecular weight excluding hydrogens is 156 g/mol. The fourth-order valence-electron chi connectivity index (χ4n) is 0.338. The molecule has 0 heterocycles. The molecule has 0 amide bonds. The van der Waals surface area contributed by atoms with Gasteiger partial charge in [-0.05, 0) is 0 Å². The molecule has 0 saturated carbocycles. The van der Waals surface area contributed by atoms with Crippen LogP contribution in [0.2, 0.25) is 0 Å². The molecule has 0 aliphatic rings. The third kappa shape index (κ3) is 2.27. The third-order valence-corrected chi connectivity index (χ3v) is 1.37. The predicted molar refractivity (Wildman–Crippen MR) is 37.8 cm³/mol. The quantitative estimate of drug-likeness (QED) is 0.354. The van der Waals surface area contributed by atoms with E-state index in [2.05, 4.69) is 16.1 Å². The van der Waals surface area contributed by atoms with Gasteiger partial charge in [0.1, 0.15) is 5.76 Å². The maximum atomic E-state index is 10.6. The first-order valence-corrected chi connectivity index (χ1v) is 3.01. The number of methoxy groups -OCH3 is 2. The molecule has 0 aromatic heterocycles. The van der Waals surface area contributed by atoms with Crippen LogP contribution in [0, 0.1) is 0 Å². The molecule has 10 heavy (non-hydrogen) atoms. The van der Waals surface area contributed by atoms with Crippen molar-refractivity contribution in [1.82, 2.24) is 0 Å². The summed E-state index contributed by atoms with van der Waals surface area (Å²) in [6, 6.07) is 0. The second-order valence-corrected chi connectivity index (χ2v) is 1.99. The van der Waals surface area contributed by atoms with Crippen molar-refractivity contribution < 1.29 is 14.3 Å². The molecule has 0 spiro atoms. The van der Waals surface area contributed by atoms with Gasteiger partial charge in [0.2, 0.25) is 0 Å². The lowest BCUT2D eigenvalue weighted by atomic mass is 10.4. The minimum Gasteiger partial charge on any atom is -0.500 e. The van der Waals surface area contributed by atoms with Crippen molar-refractivity contribution in [3.8, 4) is 0 Å². The van der Waals surface area contributed by atoms with Crippen molar-refractivity contribution in [1.29, 1.82) is 0 Å². The maximum Gasteiger partial charge on any atom is 0.331 e. The first-order chi connectivity index (χ1) is 4.63. The molecular formula is C6H9ClO3. The molecule has 0 aromatic carbocycles. The number of carbonyl (C=O) groups is 1. The zero-order valence-corrected chi connectivity index (χ0v) is 6.64. The van der Waals surface area contributed by atoms with Crippen molar-refractivity contribution in [2.45, 2.75) is 5.38 Å². The van der Waals surface area contributed by atoms with Crippen LogP contribution in [-0.2, 0) is 14.3 Å². The molecule has 58 valence electrons. The van der Waals surface area contributed by atoms with E-state index in [0.29, 0.717) is 0 Å². The highest BCUT2D eigenvalue weighted by atomic mass is 35.5. The summed E-state index contributed by atoms with van der Waals surface area (Å²) in [7, 11) is 2.64. The Morgan fingerprint density at radius 2 is 2.00 bits per heavy atom. The van der Waals surface area contributed by atoms with Crippen LogP contribution in [0.5, 0.6) is 0 Å². The molecule has 0 N–H and O–H groups in total. The van der Waals surface area contributed by atoms with Crippen LogP contribution < -0.4 is 0 Å². The van der Waals surface area contributed by atoms with E-state index < -0.39 is 11.3 Å². The van der Waals surface area contributed by atoms with Gasteiger partial charge in [-0.3, -0.25) is 0 Å². The van der Waals surface area contributed by atoms with Gasteiger partial charge in [0.25, 0.3) is 0 Å². The van der Waals surface area contributed by atoms with Crippen molar-refractivity contribution in [3.05, 3.63) is 12.3 Å². The Balaban J connectivity index is 3.94. The predicted octanol–water partition coefficient (Wildman–Crippen LogP) is 0.927. The Kier molecular flexibility index (Phi) is 3.88. The van der Waals surface area contributed by atoms with E-state index in [0.717, 1.165) is 0 Å². The molecule has 1 unspecified atom stereocenters. The van der Waals surface area contributed by atoms with E-state index in [4.69, 9.17) is 11.6 Å². The normalized spacial score (nSPS) is 11.9. The zero-order chi connectivity index (χ0) is 8.15. The van der Waals surface area contributed by atoms with Crippen molar-refractivity contribution in [2.75, 3.05) is 14.2 Å². The van der Waals surface area contributed by atoms with Gasteiger partial charge in [0.05, 0.1) is 14.2 Å². The summed E-state index contributed by atoms with van der Waals surface area (Å²) in [6.45, 7) is 3.39. The van der Waals surface area contributed by atoms with Crippen LogP contribution in [0.15, 0.2) is 12.3 Å². The highest BCUT2D eigenvalue weighted by molar-refractivity contribution is 6.31. The lowest BCUT2D eigenvalue weighted by Crippen LogP contribution is -2.18. The van der Waals surface area contributed by atoms with Gasteiger partial charge in [0.15, 0.2) is 5.38 Å². The van der Waals surface area contributed by atoms with E-state index in [1.165, 1.54) is 14.2 Å². The highest BCUT2D eigenvalue weighted by Crippen LogP contribution is 2.09. The number of carbonyl (C=O) groups excluding carboxylic acids is 1. The van der Waals surface area contributed by atoms with Gasteiger partial charge >= 0.3 is 5.97 Å². The van der Waals surface area contributed by atoms with Crippen molar-refractivity contribution in [3.63, 3.8) is 0 Å². The summed E-state index contributed by atoms with van der Waals surface area (Å²) in [5, 5.41) is -0.907. The molecule has 0 saturated heterocycles. The fraction of sp³-hybridized carbons (Fsp3) is 0.500. The summed E-state index contributed by atoms with van der Waals surface area (Å²) in [4.78, 5) is 10.6. The van der Waals surface area contributed by atoms with Crippen LogP contribution in [0.3, 0.4) is 0 Å². The number of hydrogen-bond donors (Lipinski definition) is 0. The number of hydrogen-bond acceptors (Lipinski definition) is 3. The Bertz CT molecular complexity index is 128. The van der Waals surface area contributed by atoms with Crippen LogP contribution in [-0.4, -0.2) is 25.6 Å². The largest absolute Gasteiger partial charge is 0.500 e. The van der Waals surface area contributed by atoms with Gasteiger partial charge in [-0.2, -0.15) is 0 Å². The van der Waals surface area contributed by atoms with Gasteiger partial charge in [-0.25, -0.2) is 4.79 Å². The van der Waals surface area contributed by atoms with Gasteiger partial charge < -0.3 is 9.47 Å².